The molecule has 0 fully saturated rings. The third-order valence-corrected chi connectivity index (χ3v) is 1.78. The van der Waals surface area contributed by atoms with E-state index < -0.39 is 0 Å². The van der Waals surface area contributed by atoms with Crippen molar-refractivity contribution in [3.63, 3.8) is 0 Å². The molecule has 0 saturated heterocycles. The Kier molecular flexibility index (Phi) is 2.78. The van der Waals surface area contributed by atoms with Crippen LogP contribution in [0.25, 0.3) is 0 Å². The minimum atomic E-state index is -0.0738. The summed E-state index contributed by atoms with van der Waals surface area (Å²) in [5, 5.41) is 13.2. The van der Waals surface area contributed by atoms with E-state index in [1.807, 2.05) is 0 Å². The Hall–Kier alpha value is -0.930. The van der Waals surface area contributed by atoms with E-state index in [2.05, 4.69) is 5.10 Å². The van der Waals surface area contributed by atoms with Crippen molar-refractivity contribution < 1.29 is 5.11 Å². The molecule has 0 unspecified atom stereocenters. The van der Waals surface area contributed by atoms with Crippen LogP contribution in [0.4, 0.5) is 0 Å². The fourth-order valence-electron chi connectivity index (χ4n) is 0.765. The van der Waals surface area contributed by atoms with Crippen LogP contribution in [0.3, 0.4) is 0 Å². The number of hydrogen-bond acceptors (Lipinski definition) is 3. The third kappa shape index (κ3) is 1.81. The molecule has 0 bridgehead atoms. The molecule has 3 nitrogen and oxygen atoms in total. The highest BCUT2D eigenvalue weighted by atomic mass is 35.5. The van der Waals surface area contributed by atoms with Crippen molar-refractivity contribution in [2.75, 3.05) is 0 Å². The molecule has 0 atom stereocenters. The van der Waals surface area contributed by atoms with Crippen LogP contribution < -0.4 is 5.84 Å². The largest absolute Gasteiger partial charge is 0.506 e. The summed E-state index contributed by atoms with van der Waals surface area (Å²) in [6.45, 7) is 0. The predicted molar refractivity (Wildman–Crippen MR) is 49.9 cm³/mol. The highest BCUT2D eigenvalue weighted by Gasteiger charge is 2.05. The zero-order valence-corrected chi connectivity index (χ0v) is 7.47. The summed E-state index contributed by atoms with van der Waals surface area (Å²) in [5.74, 6) is 4.83. The molecule has 0 spiro atoms. The van der Waals surface area contributed by atoms with E-state index >= 15 is 0 Å². The van der Waals surface area contributed by atoms with Gasteiger partial charge in [-0.05, 0) is 12.1 Å². The molecule has 64 valence electrons. The molecule has 0 saturated carbocycles. The van der Waals surface area contributed by atoms with Gasteiger partial charge in [0.05, 0.1) is 11.2 Å². The number of hydrogen-bond donors (Lipinski definition) is 2. The first-order valence-electron chi connectivity index (χ1n) is 3.06. The van der Waals surface area contributed by atoms with Gasteiger partial charge in [0.25, 0.3) is 0 Å². The topological polar surface area (TPSA) is 58.6 Å². The van der Waals surface area contributed by atoms with Gasteiger partial charge in [-0.3, -0.25) is 0 Å². The Labute approximate surface area is 79.4 Å². The Morgan fingerprint density at radius 1 is 1.42 bits per heavy atom. The van der Waals surface area contributed by atoms with Gasteiger partial charge in [0.1, 0.15) is 5.75 Å². The van der Waals surface area contributed by atoms with Crippen molar-refractivity contribution in [1.29, 1.82) is 0 Å². The van der Waals surface area contributed by atoms with E-state index in [9.17, 15) is 5.11 Å². The molecular weight excluding hydrogens is 199 g/mol. The number of phenolic OH excluding ortho intramolecular Hbond substituents is 1. The van der Waals surface area contributed by atoms with Gasteiger partial charge < -0.3 is 10.9 Å². The number of nitrogens with zero attached hydrogens (tertiary/aromatic N) is 1. The lowest BCUT2D eigenvalue weighted by atomic mass is 10.2. The van der Waals surface area contributed by atoms with Crippen LogP contribution in [0.15, 0.2) is 17.2 Å². The van der Waals surface area contributed by atoms with Gasteiger partial charge in [-0.2, -0.15) is 5.10 Å². The second kappa shape index (κ2) is 3.65. The van der Waals surface area contributed by atoms with Gasteiger partial charge in [0.2, 0.25) is 0 Å². The molecule has 3 N–H and O–H groups in total. The van der Waals surface area contributed by atoms with Gasteiger partial charge in [-0.15, -0.1) is 0 Å². The summed E-state index contributed by atoms with van der Waals surface area (Å²) in [6, 6.07) is 2.95. The van der Waals surface area contributed by atoms with Crippen molar-refractivity contribution in [3.8, 4) is 5.75 Å². The highest BCUT2D eigenvalue weighted by molar-refractivity contribution is 6.36. The van der Waals surface area contributed by atoms with Gasteiger partial charge >= 0.3 is 0 Å². The standard InChI is InChI=1S/C7H6Cl2N2O/c8-5-1-4(3-11-10)7(12)6(9)2-5/h1-3,12H,10H2/b11-3+. The first-order chi connectivity index (χ1) is 5.65. The summed E-state index contributed by atoms with van der Waals surface area (Å²) < 4.78 is 0. The first kappa shape index (κ1) is 9.16. The maximum absolute atomic E-state index is 9.32. The van der Waals surface area contributed by atoms with E-state index in [0.717, 1.165) is 0 Å². The van der Waals surface area contributed by atoms with E-state index in [1.165, 1.54) is 18.3 Å². The van der Waals surface area contributed by atoms with Crippen molar-refractivity contribution in [1.82, 2.24) is 0 Å². The second-order valence-corrected chi connectivity index (χ2v) is 2.95. The van der Waals surface area contributed by atoms with Crippen LogP contribution >= 0.6 is 23.2 Å². The summed E-state index contributed by atoms with van der Waals surface area (Å²) in [7, 11) is 0. The fraction of sp³-hybridized carbons (Fsp3) is 0. The molecule has 12 heavy (non-hydrogen) atoms. The SMILES string of the molecule is N/N=C/c1cc(Cl)cc(Cl)c1O. The minimum Gasteiger partial charge on any atom is -0.506 e. The molecule has 0 aliphatic rings. The molecule has 0 aliphatic carbocycles. The zero-order chi connectivity index (χ0) is 9.14. The van der Waals surface area contributed by atoms with Crippen LogP contribution in [0, 0.1) is 0 Å². The summed E-state index contributed by atoms with van der Waals surface area (Å²) in [5.41, 5.74) is 0.398. The number of phenols is 1. The second-order valence-electron chi connectivity index (χ2n) is 2.10. The van der Waals surface area contributed by atoms with Crippen LogP contribution in [0.2, 0.25) is 10.0 Å². The quantitative estimate of drug-likeness (QED) is 0.418. The zero-order valence-electron chi connectivity index (χ0n) is 5.96. The van der Waals surface area contributed by atoms with Gasteiger partial charge in [0.15, 0.2) is 0 Å². The number of halogens is 2. The van der Waals surface area contributed by atoms with Crippen molar-refractivity contribution in [3.05, 3.63) is 27.7 Å². The lowest BCUT2D eigenvalue weighted by Crippen LogP contribution is -1.87. The molecule has 0 aromatic heterocycles. The van der Waals surface area contributed by atoms with Crippen molar-refractivity contribution in [2.24, 2.45) is 10.9 Å². The maximum atomic E-state index is 9.32. The third-order valence-electron chi connectivity index (χ3n) is 1.27. The fourth-order valence-corrected chi connectivity index (χ4v) is 1.27. The normalized spacial score (nSPS) is 10.8. The summed E-state index contributed by atoms with van der Waals surface area (Å²) in [4.78, 5) is 0. The van der Waals surface area contributed by atoms with Crippen LogP contribution in [0.1, 0.15) is 5.56 Å². The van der Waals surface area contributed by atoms with Crippen LogP contribution in [0.5, 0.6) is 5.75 Å². The van der Waals surface area contributed by atoms with E-state index in [4.69, 9.17) is 29.0 Å². The van der Waals surface area contributed by atoms with Crippen molar-refractivity contribution >= 4 is 29.4 Å². The molecule has 1 aromatic rings. The predicted octanol–water partition coefficient (Wildman–Crippen LogP) is 1.99. The summed E-state index contributed by atoms with van der Waals surface area (Å²) >= 11 is 11.3. The molecule has 1 aromatic carbocycles. The number of rotatable bonds is 1. The minimum absolute atomic E-state index is 0.0738. The number of hydrazone groups is 1. The van der Waals surface area contributed by atoms with Gasteiger partial charge in [0, 0.05) is 10.6 Å². The Balaban J connectivity index is 3.27. The lowest BCUT2D eigenvalue weighted by molar-refractivity contribution is 0.474. The number of aromatic hydroxyl groups is 1. The van der Waals surface area contributed by atoms with E-state index in [-0.39, 0.29) is 10.8 Å². The van der Waals surface area contributed by atoms with E-state index in [0.29, 0.717) is 10.6 Å². The van der Waals surface area contributed by atoms with Gasteiger partial charge in [-0.25, -0.2) is 0 Å². The van der Waals surface area contributed by atoms with E-state index in [1.54, 1.807) is 0 Å². The summed E-state index contributed by atoms with van der Waals surface area (Å²) in [6.07, 6.45) is 1.27. The van der Waals surface area contributed by atoms with Gasteiger partial charge in [-0.1, -0.05) is 23.2 Å². The Morgan fingerprint density at radius 3 is 2.67 bits per heavy atom. The molecule has 0 radical (unpaired) electrons. The molecule has 0 aliphatic heterocycles. The average molecular weight is 205 g/mol. The molecular formula is C7H6Cl2N2O. The maximum Gasteiger partial charge on any atom is 0.143 e. The molecule has 5 heteroatoms. The number of nitrogens with two attached hydrogens (primary N) is 1. The number of benzene rings is 1. The molecule has 1 rings (SSSR count). The highest BCUT2D eigenvalue weighted by Crippen LogP contribution is 2.29. The molecule has 0 amide bonds. The van der Waals surface area contributed by atoms with Crippen LogP contribution in [-0.2, 0) is 0 Å². The smallest absolute Gasteiger partial charge is 0.143 e. The molecule has 0 heterocycles. The Morgan fingerprint density at radius 2 is 2.08 bits per heavy atom. The van der Waals surface area contributed by atoms with Crippen molar-refractivity contribution in [2.45, 2.75) is 0 Å². The average Bonchev–Trinajstić information content (AvgIpc) is 2.00. The lowest BCUT2D eigenvalue weighted by Gasteiger charge is -2.00. The first-order valence-corrected chi connectivity index (χ1v) is 3.82. The monoisotopic (exact) mass is 204 g/mol. The van der Waals surface area contributed by atoms with Crippen LogP contribution in [-0.4, -0.2) is 11.3 Å². The Bertz CT molecular complexity index is 325.